The van der Waals surface area contributed by atoms with Gasteiger partial charge in [0.1, 0.15) is 12.4 Å². The standard InChI is InChI=1S/C16H27N3O.HI/c1-4-5-9-12-18-16(17-2)19(3)13-14-20-15-10-7-6-8-11-15;/h6-8,10-11H,4-5,9,12-14H2,1-3H3,(H,17,18);1H. The van der Waals surface area contributed by atoms with Gasteiger partial charge in [-0.25, -0.2) is 0 Å². The Labute approximate surface area is 146 Å². The van der Waals surface area contributed by atoms with Crippen LogP contribution in [0.2, 0.25) is 0 Å². The van der Waals surface area contributed by atoms with Crippen LogP contribution < -0.4 is 10.1 Å². The van der Waals surface area contributed by atoms with Crippen molar-refractivity contribution in [2.24, 2.45) is 4.99 Å². The van der Waals surface area contributed by atoms with Crippen molar-refractivity contribution >= 4 is 29.9 Å². The zero-order valence-electron chi connectivity index (χ0n) is 13.3. The number of rotatable bonds is 8. The number of para-hydroxylation sites is 1. The summed E-state index contributed by atoms with van der Waals surface area (Å²) in [6.45, 7) is 4.64. The van der Waals surface area contributed by atoms with E-state index in [9.17, 15) is 0 Å². The Morgan fingerprint density at radius 2 is 1.95 bits per heavy atom. The van der Waals surface area contributed by atoms with Crippen molar-refractivity contribution in [3.05, 3.63) is 30.3 Å². The van der Waals surface area contributed by atoms with Crippen LogP contribution in [-0.4, -0.2) is 44.7 Å². The molecule has 0 unspecified atom stereocenters. The predicted molar refractivity (Wildman–Crippen MR) is 101 cm³/mol. The highest BCUT2D eigenvalue weighted by Gasteiger charge is 2.04. The molecule has 5 heteroatoms. The molecular formula is C16H28IN3O. The van der Waals surface area contributed by atoms with E-state index in [-0.39, 0.29) is 24.0 Å². The van der Waals surface area contributed by atoms with Crippen molar-refractivity contribution in [3.8, 4) is 5.75 Å². The normalized spacial score (nSPS) is 10.7. The summed E-state index contributed by atoms with van der Waals surface area (Å²) in [5.74, 6) is 1.84. The van der Waals surface area contributed by atoms with Gasteiger partial charge in [-0.05, 0) is 18.6 Å². The molecule has 0 aliphatic carbocycles. The molecule has 1 aromatic rings. The summed E-state index contributed by atoms with van der Waals surface area (Å²) in [6.07, 6.45) is 3.68. The third kappa shape index (κ3) is 8.80. The number of likely N-dealkylation sites (N-methyl/N-ethyl adjacent to an activating group) is 1. The number of ether oxygens (including phenoxy) is 1. The molecule has 0 saturated heterocycles. The van der Waals surface area contributed by atoms with Crippen LogP contribution in [-0.2, 0) is 0 Å². The van der Waals surface area contributed by atoms with Gasteiger partial charge in [0.05, 0.1) is 6.54 Å². The van der Waals surface area contributed by atoms with Gasteiger partial charge in [0.25, 0.3) is 0 Å². The molecule has 0 fully saturated rings. The van der Waals surface area contributed by atoms with Crippen LogP contribution in [0.3, 0.4) is 0 Å². The number of aliphatic imine (C=N–C) groups is 1. The Hall–Kier alpha value is -0.980. The van der Waals surface area contributed by atoms with E-state index in [0.29, 0.717) is 6.61 Å². The van der Waals surface area contributed by atoms with E-state index < -0.39 is 0 Å². The topological polar surface area (TPSA) is 36.9 Å². The summed E-state index contributed by atoms with van der Waals surface area (Å²) in [7, 11) is 3.85. The maximum atomic E-state index is 5.69. The quantitative estimate of drug-likeness (QED) is 0.312. The van der Waals surface area contributed by atoms with Crippen LogP contribution in [0.4, 0.5) is 0 Å². The number of benzene rings is 1. The largest absolute Gasteiger partial charge is 0.492 e. The first-order valence-corrected chi connectivity index (χ1v) is 7.37. The van der Waals surface area contributed by atoms with Crippen molar-refractivity contribution in [2.45, 2.75) is 26.2 Å². The second-order valence-electron chi connectivity index (χ2n) is 4.76. The fourth-order valence-electron chi connectivity index (χ4n) is 1.88. The van der Waals surface area contributed by atoms with Crippen molar-refractivity contribution in [1.82, 2.24) is 10.2 Å². The Bertz CT molecular complexity index is 384. The fraction of sp³-hybridized carbons (Fsp3) is 0.562. The first-order valence-electron chi connectivity index (χ1n) is 7.37. The Kier molecular flexibility index (Phi) is 12.1. The zero-order valence-corrected chi connectivity index (χ0v) is 15.7. The van der Waals surface area contributed by atoms with Crippen molar-refractivity contribution < 1.29 is 4.74 Å². The number of hydrogen-bond acceptors (Lipinski definition) is 2. The second kappa shape index (κ2) is 12.7. The lowest BCUT2D eigenvalue weighted by atomic mass is 10.2. The minimum absolute atomic E-state index is 0. The lowest BCUT2D eigenvalue weighted by Gasteiger charge is -2.22. The van der Waals surface area contributed by atoms with E-state index in [4.69, 9.17) is 4.74 Å². The Balaban J connectivity index is 0.00000400. The molecule has 1 aromatic carbocycles. The van der Waals surface area contributed by atoms with Crippen LogP contribution in [0.25, 0.3) is 0 Å². The number of nitrogens with one attached hydrogen (secondary N) is 1. The van der Waals surface area contributed by atoms with Gasteiger partial charge in [0.15, 0.2) is 5.96 Å². The van der Waals surface area contributed by atoms with Crippen molar-refractivity contribution in [2.75, 3.05) is 33.8 Å². The first-order chi connectivity index (χ1) is 9.77. The van der Waals surface area contributed by atoms with Crippen LogP contribution in [0.1, 0.15) is 26.2 Å². The molecule has 0 heterocycles. The molecule has 120 valence electrons. The van der Waals surface area contributed by atoms with Gasteiger partial charge < -0.3 is 15.0 Å². The third-order valence-electron chi connectivity index (χ3n) is 3.08. The molecule has 0 bridgehead atoms. The molecule has 0 aliphatic rings. The summed E-state index contributed by atoms with van der Waals surface area (Å²) in [6, 6.07) is 9.89. The highest BCUT2D eigenvalue weighted by atomic mass is 127. The van der Waals surface area contributed by atoms with Crippen LogP contribution in [0.15, 0.2) is 35.3 Å². The number of unbranched alkanes of at least 4 members (excludes halogenated alkanes) is 2. The van der Waals surface area contributed by atoms with Gasteiger partial charge >= 0.3 is 0 Å². The average molecular weight is 405 g/mol. The number of guanidine groups is 1. The van der Waals surface area contributed by atoms with Gasteiger partial charge in [0, 0.05) is 20.6 Å². The zero-order chi connectivity index (χ0) is 14.6. The monoisotopic (exact) mass is 405 g/mol. The van der Waals surface area contributed by atoms with E-state index in [1.165, 1.54) is 19.3 Å². The van der Waals surface area contributed by atoms with E-state index in [0.717, 1.165) is 24.8 Å². The van der Waals surface area contributed by atoms with E-state index in [1.54, 1.807) is 0 Å². The molecule has 1 N–H and O–H groups in total. The fourth-order valence-corrected chi connectivity index (χ4v) is 1.88. The number of halogens is 1. The molecular weight excluding hydrogens is 377 g/mol. The summed E-state index contributed by atoms with van der Waals surface area (Å²) in [5, 5.41) is 3.37. The molecule has 0 radical (unpaired) electrons. The van der Waals surface area contributed by atoms with Crippen LogP contribution >= 0.6 is 24.0 Å². The Morgan fingerprint density at radius 3 is 2.57 bits per heavy atom. The molecule has 0 aromatic heterocycles. The smallest absolute Gasteiger partial charge is 0.193 e. The SMILES string of the molecule is CCCCCNC(=NC)N(C)CCOc1ccccc1.I. The lowest BCUT2D eigenvalue weighted by molar-refractivity contribution is 0.281. The summed E-state index contributed by atoms with van der Waals surface area (Å²) < 4.78 is 5.69. The van der Waals surface area contributed by atoms with E-state index in [1.807, 2.05) is 44.4 Å². The van der Waals surface area contributed by atoms with Crippen molar-refractivity contribution in [3.63, 3.8) is 0 Å². The lowest BCUT2D eigenvalue weighted by Crippen LogP contribution is -2.41. The number of hydrogen-bond donors (Lipinski definition) is 1. The molecule has 4 nitrogen and oxygen atoms in total. The molecule has 0 spiro atoms. The predicted octanol–water partition coefficient (Wildman–Crippen LogP) is 3.38. The minimum atomic E-state index is 0. The third-order valence-corrected chi connectivity index (χ3v) is 3.08. The average Bonchev–Trinajstić information content (AvgIpc) is 2.48. The summed E-state index contributed by atoms with van der Waals surface area (Å²) in [5.41, 5.74) is 0. The Morgan fingerprint density at radius 1 is 1.24 bits per heavy atom. The first kappa shape index (κ1) is 20.0. The highest BCUT2D eigenvalue weighted by molar-refractivity contribution is 14.0. The maximum Gasteiger partial charge on any atom is 0.193 e. The van der Waals surface area contributed by atoms with Gasteiger partial charge in [-0.15, -0.1) is 24.0 Å². The maximum absolute atomic E-state index is 5.69. The van der Waals surface area contributed by atoms with E-state index in [2.05, 4.69) is 22.1 Å². The highest BCUT2D eigenvalue weighted by Crippen LogP contribution is 2.07. The van der Waals surface area contributed by atoms with E-state index >= 15 is 0 Å². The molecule has 1 rings (SSSR count). The summed E-state index contributed by atoms with van der Waals surface area (Å²) >= 11 is 0. The summed E-state index contributed by atoms with van der Waals surface area (Å²) in [4.78, 5) is 6.38. The minimum Gasteiger partial charge on any atom is -0.492 e. The van der Waals surface area contributed by atoms with Gasteiger partial charge in [-0.1, -0.05) is 38.0 Å². The molecule has 0 saturated carbocycles. The van der Waals surface area contributed by atoms with Crippen molar-refractivity contribution in [1.29, 1.82) is 0 Å². The second-order valence-corrected chi connectivity index (χ2v) is 4.76. The molecule has 0 aliphatic heterocycles. The van der Waals surface area contributed by atoms with Crippen LogP contribution in [0, 0.1) is 0 Å². The van der Waals surface area contributed by atoms with Gasteiger partial charge in [-0.3, -0.25) is 4.99 Å². The number of nitrogens with zero attached hydrogens (tertiary/aromatic N) is 2. The molecule has 0 atom stereocenters. The van der Waals surface area contributed by atoms with Crippen LogP contribution in [0.5, 0.6) is 5.75 Å². The molecule has 0 amide bonds. The molecule has 21 heavy (non-hydrogen) atoms. The van der Waals surface area contributed by atoms with Gasteiger partial charge in [0.2, 0.25) is 0 Å². The van der Waals surface area contributed by atoms with Gasteiger partial charge in [-0.2, -0.15) is 0 Å².